The van der Waals surface area contributed by atoms with Gasteiger partial charge in [-0.3, -0.25) is 14.3 Å². The Bertz CT molecular complexity index is 1180. The van der Waals surface area contributed by atoms with Gasteiger partial charge in [-0.2, -0.15) is 4.98 Å². The molecule has 0 aliphatic carbocycles. The fourth-order valence-electron chi connectivity index (χ4n) is 3.11. The van der Waals surface area contributed by atoms with Crippen molar-refractivity contribution in [3.8, 4) is 11.4 Å². The number of rotatable bonds is 4. The quantitative estimate of drug-likeness (QED) is 0.561. The van der Waals surface area contributed by atoms with Crippen LogP contribution in [0.2, 0.25) is 0 Å². The highest BCUT2D eigenvalue weighted by Crippen LogP contribution is 2.17. The number of hydrogen-bond acceptors (Lipinski definition) is 4. The molecular weight excluding hydrogens is 340 g/mol. The predicted molar refractivity (Wildman–Crippen MR) is 103 cm³/mol. The van der Waals surface area contributed by atoms with E-state index in [4.69, 9.17) is 0 Å². The number of aromatic nitrogens is 4. The zero-order valence-corrected chi connectivity index (χ0v) is 14.9. The fraction of sp³-hybridized carbons (Fsp3) is 0.143. The highest BCUT2D eigenvalue weighted by molar-refractivity contribution is 5.55. The molecule has 0 fully saturated rings. The molecule has 6 nitrogen and oxygen atoms in total. The maximum absolute atomic E-state index is 12.9. The summed E-state index contributed by atoms with van der Waals surface area (Å²) in [6.07, 6.45) is 3.47. The molecular formula is C21H18N4O2. The smallest absolute Gasteiger partial charge is 0.328 e. The van der Waals surface area contributed by atoms with Crippen molar-refractivity contribution in [2.45, 2.75) is 20.0 Å². The van der Waals surface area contributed by atoms with Crippen molar-refractivity contribution in [3.63, 3.8) is 0 Å². The first kappa shape index (κ1) is 16.9. The van der Waals surface area contributed by atoms with Gasteiger partial charge in [0.1, 0.15) is 0 Å². The molecule has 4 rings (SSSR count). The van der Waals surface area contributed by atoms with E-state index < -0.39 is 5.69 Å². The van der Waals surface area contributed by atoms with Crippen molar-refractivity contribution in [2.24, 2.45) is 0 Å². The van der Waals surface area contributed by atoms with Crippen molar-refractivity contribution < 1.29 is 0 Å². The zero-order valence-electron chi connectivity index (χ0n) is 14.9. The number of aryl methyl sites for hydroxylation is 1. The van der Waals surface area contributed by atoms with Gasteiger partial charge in [0.25, 0.3) is 5.56 Å². The normalized spacial score (nSPS) is 11.0. The summed E-state index contributed by atoms with van der Waals surface area (Å²) in [7, 11) is 0. The van der Waals surface area contributed by atoms with E-state index in [2.05, 4.69) is 9.97 Å². The monoisotopic (exact) mass is 358 g/mol. The predicted octanol–water partition coefficient (Wildman–Crippen LogP) is 2.31. The molecule has 2 aromatic rings. The van der Waals surface area contributed by atoms with Gasteiger partial charge < -0.3 is 4.57 Å². The second kappa shape index (κ2) is 6.99. The lowest BCUT2D eigenvalue weighted by Crippen LogP contribution is -2.38. The van der Waals surface area contributed by atoms with Gasteiger partial charge in [0.2, 0.25) is 0 Å². The summed E-state index contributed by atoms with van der Waals surface area (Å²) < 4.78 is 2.97. The molecule has 0 saturated carbocycles. The molecule has 0 N–H and O–H groups in total. The topological polar surface area (TPSA) is 69.8 Å². The van der Waals surface area contributed by atoms with Crippen molar-refractivity contribution in [1.82, 2.24) is 19.1 Å². The van der Waals surface area contributed by atoms with Crippen LogP contribution < -0.4 is 11.2 Å². The lowest BCUT2D eigenvalue weighted by molar-refractivity contribution is 0.667. The first-order valence-electron chi connectivity index (χ1n) is 8.68. The summed E-state index contributed by atoms with van der Waals surface area (Å²) in [5, 5.41) is 0. The Morgan fingerprint density at radius 3 is 2.52 bits per heavy atom. The largest absolute Gasteiger partial charge is 0.352 e. The van der Waals surface area contributed by atoms with E-state index in [0.717, 1.165) is 15.7 Å². The third kappa shape index (κ3) is 3.29. The standard InChI is InChI=1S/C21H18N4O2/c1-15-7-2-3-8-16(15)13-24-12-6-10-18-19(24)23-21(27)25(20(18)26)14-17-9-4-5-11-22-17/h2-12H,13-14H2,1H3. The molecule has 2 aliphatic heterocycles. The molecule has 0 radical (unpaired) electrons. The highest BCUT2D eigenvalue weighted by atomic mass is 16.2. The van der Waals surface area contributed by atoms with Crippen LogP contribution in [-0.4, -0.2) is 19.1 Å². The lowest BCUT2D eigenvalue weighted by Gasteiger charge is -2.16. The summed E-state index contributed by atoms with van der Waals surface area (Å²) >= 11 is 0. The molecule has 2 aliphatic rings. The van der Waals surface area contributed by atoms with Crippen molar-refractivity contribution in [1.29, 1.82) is 0 Å². The minimum atomic E-state index is -0.567. The van der Waals surface area contributed by atoms with Gasteiger partial charge in [0, 0.05) is 18.9 Å². The van der Waals surface area contributed by atoms with Gasteiger partial charge >= 0.3 is 5.69 Å². The molecule has 0 saturated heterocycles. The van der Waals surface area contributed by atoms with Crippen molar-refractivity contribution >= 4 is 0 Å². The molecule has 0 atom stereocenters. The van der Waals surface area contributed by atoms with Gasteiger partial charge in [0.05, 0.1) is 17.8 Å². The van der Waals surface area contributed by atoms with Crippen molar-refractivity contribution in [2.75, 3.05) is 0 Å². The Hall–Kier alpha value is -3.54. The van der Waals surface area contributed by atoms with Crippen LogP contribution in [0.5, 0.6) is 0 Å². The van der Waals surface area contributed by atoms with Gasteiger partial charge in [-0.15, -0.1) is 0 Å². The first-order chi connectivity index (χ1) is 13.1. The third-order valence-electron chi connectivity index (χ3n) is 4.60. The van der Waals surface area contributed by atoms with Gasteiger partial charge in [-0.1, -0.05) is 30.3 Å². The fourth-order valence-corrected chi connectivity index (χ4v) is 3.11. The maximum atomic E-state index is 12.9. The average Bonchev–Trinajstić information content (AvgIpc) is 2.68. The molecule has 1 aromatic heterocycles. The Morgan fingerprint density at radius 2 is 1.74 bits per heavy atom. The van der Waals surface area contributed by atoms with Crippen LogP contribution in [0.4, 0.5) is 0 Å². The molecule has 3 heterocycles. The van der Waals surface area contributed by atoms with Crippen LogP contribution in [0.1, 0.15) is 16.8 Å². The van der Waals surface area contributed by atoms with E-state index in [-0.39, 0.29) is 12.1 Å². The molecule has 27 heavy (non-hydrogen) atoms. The molecule has 6 heteroatoms. The Labute approximate surface area is 155 Å². The van der Waals surface area contributed by atoms with Gasteiger partial charge in [-0.05, 0) is 42.3 Å². The summed E-state index contributed by atoms with van der Waals surface area (Å²) in [6.45, 7) is 2.68. The van der Waals surface area contributed by atoms with E-state index in [0.29, 0.717) is 23.6 Å². The van der Waals surface area contributed by atoms with E-state index in [1.807, 2.05) is 48.0 Å². The van der Waals surface area contributed by atoms with Gasteiger partial charge in [0.15, 0.2) is 5.82 Å². The summed E-state index contributed by atoms with van der Waals surface area (Å²) in [5.74, 6) is 0.396. The van der Waals surface area contributed by atoms with Crippen LogP contribution in [0.15, 0.2) is 76.6 Å². The van der Waals surface area contributed by atoms with Crippen LogP contribution in [0, 0.1) is 6.92 Å². The number of benzene rings is 1. The second-order valence-electron chi connectivity index (χ2n) is 6.41. The number of hydrogen-bond donors (Lipinski definition) is 0. The number of pyridine rings is 2. The lowest BCUT2D eigenvalue weighted by atomic mass is 10.1. The Morgan fingerprint density at radius 1 is 0.926 bits per heavy atom. The number of fused-ring (bicyclic) bond motifs is 1. The molecule has 134 valence electrons. The molecule has 1 aromatic carbocycles. The van der Waals surface area contributed by atoms with Crippen LogP contribution in [0.3, 0.4) is 0 Å². The molecule has 0 amide bonds. The second-order valence-corrected chi connectivity index (χ2v) is 6.41. The van der Waals surface area contributed by atoms with Gasteiger partial charge in [-0.25, -0.2) is 4.79 Å². The minimum Gasteiger partial charge on any atom is -0.328 e. The molecule has 0 unspecified atom stereocenters. The van der Waals surface area contributed by atoms with E-state index in [9.17, 15) is 9.59 Å². The SMILES string of the molecule is Cc1ccccc1Cn1cccc2c(=O)n(Cc3ccccn3)c(=O)nc1-2. The van der Waals surface area contributed by atoms with Crippen LogP contribution >= 0.6 is 0 Å². The first-order valence-corrected chi connectivity index (χ1v) is 8.68. The summed E-state index contributed by atoms with van der Waals surface area (Å²) in [4.78, 5) is 33.8. The maximum Gasteiger partial charge on any atom is 0.352 e. The van der Waals surface area contributed by atoms with Crippen LogP contribution in [-0.2, 0) is 13.1 Å². The molecule has 0 bridgehead atoms. The summed E-state index contributed by atoms with van der Waals surface area (Å²) in [6, 6.07) is 16.9. The molecule has 0 spiro atoms. The van der Waals surface area contributed by atoms with Crippen molar-refractivity contribution in [3.05, 3.63) is 105 Å². The van der Waals surface area contributed by atoms with E-state index >= 15 is 0 Å². The number of nitrogens with zero attached hydrogens (tertiary/aromatic N) is 4. The zero-order chi connectivity index (χ0) is 18.8. The minimum absolute atomic E-state index is 0.105. The third-order valence-corrected chi connectivity index (χ3v) is 4.60. The van der Waals surface area contributed by atoms with Crippen LogP contribution in [0.25, 0.3) is 11.4 Å². The van der Waals surface area contributed by atoms with E-state index in [1.165, 1.54) is 0 Å². The highest BCUT2D eigenvalue weighted by Gasteiger charge is 2.17. The Balaban J connectivity index is 1.80. The Kier molecular flexibility index (Phi) is 4.38. The summed E-state index contributed by atoms with van der Waals surface area (Å²) in [5.41, 5.74) is 2.40. The van der Waals surface area contributed by atoms with E-state index in [1.54, 1.807) is 30.5 Å². The average molecular weight is 358 g/mol.